The van der Waals surface area contributed by atoms with E-state index in [4.69, 9.17) is 4.98 Å². The number of rotatable bonds is 15. The maximum absolute atomic E-state index is 12.2. The molecule has 0 aliphatic carbocycles. The molecular formula is C53H76IrNO2SSi-. The van der Waals surface area contributed by atoms with Gasteiger partial charge in [0, 0.05) is 63.7 Å². The zero-order valence-electron chi connectivity index (χ0n) is 39.5. The number of aryl methyl sites for hydroxylation is 1. The molecule has 0 aliphatic heterocycles. The Labute approximate surface area is 377 Å². The number of hydrogen-bond donors (Lipinski definition) is 1. The summed E-state index contributed by atoms with van der Waals surface area (Å²) in [4.78, 5) is 17.2. The van der Waals surface area contributed by atoms with E-state index in [0.717, 1.165) is 36.9 Å². The van der Waals surface area contributed by atoms with Crippen molar-refractivity contribution in [2.75, 3.05) is 0 Å². The number of aromatic nitrogens is 1. The van der Waals surface area contributed by atoms with E-state index in [1.54, 1.807) is 5.19 Å². The summed E-state index contributed by atoms with van der Waals surface area (Å²) >= 11 is 1.96. The van der Waals surface area contributed by atoms with E-state index in [0.29, 0.717) is 17.8 Å². The summed E-state index contributed by atoms with van der Waals surface area (Å²) in [6.45, 7) is 36.0. The third-order valence-electron chi connectivity index (χ3n) is 13.2. The van der Waals surface area contributed by atoms with Gasteiger partial charge in [-0.3, -0.25) is 9.78 Å². The van der Waals surface area contributed by atoms with Crippen LogP contribution in [0.15, 0.2) is 66.6 Å². The van der Waals surface area contributed by atoms with Crippen LogP contribution in [-0.4, -0.2) is 23.9 Å². The fourth-order valence-electron chi connectivity index (χ4n) is 9.25. The molecule has 0 aliphatic rings. The summed E-state index contributed by atoms with van der Waals surface area (Å²) in [5, 5.41) is 17.0. The Morgan fingerprint density at radius 2 is 1.29 bits per heavy atom. The summed E-state index contributed by atoms with van der Waals surface area (Å²) in [5.41, 5.74) is 4.48. The molecule has 6 heteroatoms. The van der Waals surface area contributed by atoms with Crippen LogP contribution in [-0.2, 0) is 30.3 Å². The first-order valence-corrected chi connectivity index (χ1v) is 25.8. The molecular weight excluding hydrogens is 935 g/mol. The summed E-state index contributed by atoms with van der Waals surface area (Å²) in [6.07, 6.45) is 6.76. The van der Waals surface area contributed by atoms with E-state index in [-0.39, 0.29) is 47.9 Å². The topological polar surface area (TPSA) is 50.2 Å². The molecule has 2 aromatic heterocycles. The van der Waals surface area contributed by atoms with Crippen molar-refractivity contribution in [3.8, 4) is 11.3 Å². The Kier molecular flexibility index (Phi) is 17.6. The predicted octanol–water partition coefficient (Wildman–Crippen LogP) is 15.9. The molecule has 59 heavy (non-hydrogen) atoms. The molecule has 1 N–H and O–H groups in total. The van der Waals surface area contributed by atoms with Crippen molar-refractivity contribution < 1.29 is 30.0 Å². The van der Waals surface area contributed by atoms with Crippen LogP contribution in [0.4, 0.5) is 0 Å². The van der Waals surface area contributed by atoms with Gasteiger partial charge in [0.2, 0.25) is 0 Å². The quantitative estimate of drug-likeness (QED) is 0.0492. The fourth-order valence-corrected chi connectivity index (χ4v) is 17.9. The van der Waals surface area contributed by atoms with Gasteiger partial charge in [-0.25, -0.2) is 0 Å². The van der Waals surface area contributed by atoms with Gasteiger partial charge in [-0.15, -0.1) is 40.5 Å². The van der Waals surface area contributed by atoms with Crippen LogP contribution in [0.2, 0.25) is 18.1 Å². The number of allylic oxidation sites excluding steroid dienone is 2. The first kappa shape index (κ1) is 50.7. The van der Waals surface area contributed by atoms with E-state index < -0.39 is 8.07 Å². The first-order valence-electron chi connectivity index (χ1n) is 22.3. The number of pyridine rings is 1. The molecule has 0 unspecified atom stereocenters. The molecule has 0 spiro atoms. The summed E-state index contributed by atoms with van der Waals surface area (Å²) < 4.78 is 2.75. The maximum atomic E-state index is 12.2. The van der Waals surface area contributed by atoms with E-state index in [9.17, 15) is 9.90 Å². The van der Waals surface area contributed by atoms with Crippen LogP contribution in [0.3, 0.4) is 0 Å². The van der Waals surface area contributed by atoms with Crippen LogP contribution in [0.1, 0.15) is 141 Å². The fraction of sp³-hybridized carbons (Fsp3) is 0.547. The molecule has 1 radical (unpaired) electrons. The number of fused-ring (bicyclic) bond motifs is 4. The molecule has 0 saturated heterocycles. The molecule has 3 nitrogen and oxygen atoms in total. The first-order chi connectivity index (χ1) is 27.1. The smallest absolute Gasteiger partial charge is 0.164 e. The van der Waals surface area contributed by atoms with Gasteiger partial charge in [-0.1, -0.05) is 168 Å². The van der Waals surface area contributed by atoms with Crippen LogP contribution in [0, 0.1) is 41.6 Å². The SMILES string of the molecule is CCC(C)(CC)C(=O)/C=C(\O)C(C)(CC)CC.Cc1c([Si](CC(C)C)(CC(C)C)CC(C)C)ccc2c1sc1c(-c3[c-]c4ccccc4c(C(C)(C)C)c3)nccc12.[Ir]. The molecule has 0 bridgehead atoms. The van der Waals surface area contributed by atoms with E-state index in [1.165, 1.54) is 66.3 Å². The monoisotopic (exact) mass is 1010 g/mol. The minimum Gasteiger partial charge on any atom is -0.512 e. The molecule has 0 amide bonds. The average molecular weight is 1010 g/mol. The van der Waals surface area contributed by atoms with Crippen LogP contribution in [0.25, 0.3) is 42.2 Å². The Morgan fingerprint density at radius 1 is 0.763 bits per heavy atom. The number of ketones is 1. The second-order valence-corrected chi connectivity index (χ2v) is 25.5. The van der Waals surface area contributed by atoms with Gasteiger partial charge in [-0.2, -0.15) is 0 Å². The van der Waals surface area contributed by atoms with Crippen molar-refractivity contribution >= 4 is 61.3 Å². The minimum atomic E-state index is -1.72. The largest absolute Gasteiger partial charge is 0.512 e. The van der Waals surface area contributed by atoms with Crippen LogP contribution in [0.5, 0.6) is 0 Å². The average Bonchev–Trinajstić information content (AvgIpc) is 3.55. The third-order valence-corrected chi connectivity index (χ3v) is 21.0. The van der Waals surface area contributed by atoms with Gasteiger partial charge in [0.15, 0.2) is 5.78 Å². The zero-order chi connectivity index (χ0) is 43.4. The van der Waals surface area contributed by atoms with E-state index >= 15 is 0 Å². The number of carbonyl (C=O) groups is 1. The summed E-state index contributed by atoms with van der Waals surface area (Å²) in [7, 11) is -1.72. The molecule has 2 heterocycles. The number of nitrogens with zero attached hydrogens (tertiary/aromatic N) is 1. The number of hydrogen-bond acceptors (Lipinski definition) is 4. The zero-order valence-corrected chi connectivity index (χ0v) is 43.7. The standard InChI is InChI=1S/C38H48NSSi.C15H28O2.Ir/c1-24(2)21-41(22-25(3)4,23-26(5)6)34-16-15-31-32-17-18-39-35(37(32)40-36(31)27(34)7)29-19-28-13-11-12-14-30(28)33(20-29)38(8,9)10;1-7-14(5,8-2)12(16)11-13(17)15(6,9-3)10-4;/h11-18,20,24-26H,21-23H2,1-10H3;11,16H,7-10H2,1-6H3;/q-1;;/b;12-11-;. The number of benzene rings is 3. The predicted molar refractivity (Wildman–Crippen MR) is 260 cm³/mol. The minimum absolute atomic E-state index is 0. The summed E-state index contributed by atoms with van der Waals surface area (Å²) in [5.74, 6) is 2.43. The third kappa shape index (κ3) is 11.3. The second-order valence-electron chi connectivity index (χ2n) is 20.1. The van der Waals surface area contributed by atoms with Crippen molar-refractivity contribution in [3.05, 3.63) is 83.8 Å². The number of thiophene rings is 1. The van der Waals surface area contributed by atoms with Gasteiger partial charge < -0.3 is 5.11 Å². The van der Waals surface area contributed by atoms with Crippen molar-refractivity contribution in [1.29, 1.82) is 0 Å². The van der Waals surface area contributed by atoms with Crippen molar-refractivity contribution in [1.82, 2.24) is 4.98 Å². The normalized spacial score (nSPS) is 13.1. The molecule has 5 rings (SSSR count). The molecule has 0 fully saturated rings. The number of carbonyl (C=O) groups excluding carboxylic acids is 1. The molecule has 3 aromatic carbocycles. The van der Waals surface area contributed by atoms with Gasteiger partial charge in [0.25, 0.3) is 0 Å². The molecule has 325 valence electrons. The van der Waals surface area contributed by atoms with Gasteiger partial charge in [0.05, 0.1) is 8.07 Å². The molecule has 0 atom stereocenters. The summed E-state index contributed by atoms with van der Waals surface area (Å²) in [6, 6.07) is 26.1. The van der Waals surface area contributed by atoms with Crippen molar-refractivity contribution in [2.24, 2.45) is 28.6 Å². The Bertz CT molecular complexity index is 2190. The van der Waals surface area contributed by atoms with Crippen LogP contribution >= 0.6 is 11.3 Å². The van der Waals surface area contributed by atoms with Crippen molar-refractivity contribution in [3.63, 3.8) is 0 Å². The maximum Gasteiger partial charge on any atom is 0.164 e. The molecule has 5 aromatic rings. The number of aliphatic hydroxyl groups is 1. The molecule has 0 saturated carbocycles. The van der Waals surface area contributed by atoms with Crippen molar-refractivity contribution in [2.45, 2.75) is 160 Å². The van der Waals surface area contributed by atoms with Gasteiger partial charge in [0.1, 0.15) is 5.76 Å². The Balaban J connectivity index is 0.000000439. The number of aliphatic hydroxyl groups excluding tert-OH is 1. The second kappa shape index (κ2) is 20.5. The van der Waals surface area contributed by atoms with Gasteiger partial charge in [-0.05, 0) is 72.8 Å². The Morgan fingerprint density at radius 3 is 1.80 bits per heavy atom. The van der Waals surface area contributed by atoms with Crippen LogP contribution < -0.4 is 5.19 Å². The van der Waals surface area contributed by atoms with E-state index in [2.05, 4.69) is 124 Å². The van der Waals surface area contributed by atoms with E-state index in [1.807, 2.05) is 59.1 Å². The Hall–Kier alpha value is -2.63. The van der Waals surface area contributed by atoms with Gasteiger partial charge >= 0.3 is 0 Å².